The zero-order valence-corrected chi connectivity index (χ0v) is 19.4. The fraction of sp³-hybridized carbons (Fsp3) is 0.652. The highest BCUT2D eigenvalue weighted by atomic mass is 35.5. The summed E-state index contributed by atoms with van der Waals surface area (Å²) in [4.78, 5) is 31.5. The number of hydrogen-bond donors (Lipinski definition) is 2. The van der Waals surface area contributed by atoms with Crippen molar-refractivity contribution in [3.8, 4) is 0 Å². The molecule has 33 heavy (non-hydrogen) atoms. The van der Waals surface area contributed by atoms with Crippen LogP contribution in [0.1, 0.15) is 32.6 Å². The Morgan fingerprint density at radius 1 is 1.33 bits per heavy atom. The average molecular weight is 481 g/mol. The largest absolute Gasteiger partial charge is 0.391 e. The van der Waals surface area contributed by atoms with Gasteiger partial charge in [0.05, 0.1) is 30.3 Å². The van der Waals surface area contributed by atoms with Gasteiger partial charge >= 0.3 is 6.03 Å². The molecule has 4 atom stereocenters. The maximum atomic E-state index is 13.4. The standard InChI is InChI=1S/C23H30ClFN4O4/c1-14-21(31)29-16(4-8-27-9-7-23(5-6-23)19(30)11-27)13-33-20(29)12-28(14)22(32)26-15-2-3-18(25)17(24)10-15/h2-3,10,14,16,19-20,30H,4-9,11-13H2,1H3,(H,26,32). The first kappa shape index (κ1) is 22.8. The SMILES string of the molecule is CC1C(=O)N2C(CCN3CCC4(CC4)C(O)C3)COC2CN1C(=O)Nc1ccc(F)c(Cl)c1. The van der Waals surface area contributed by atoms with Crippen LogP contribution in [0.5, 0.6) is 0 Å². The minimum Gasteiger partial charge on any atom is -0.391 e. The molecule has 1 spiro atoms. The minimum absolute atomic E-state index is 0.0416. The van der Waals surface area contributed by atoms with E-state index in [1.165, 1.54) is 23.1 Å². The Bertz CT molecular complexity index is 945. The highest BCUT2D eigenvalue weighted by Crippen LogP contribution is 2.53. The van der Waals surface area contributed by atoms with E-state index in [9.17, 15) is 19.1 Å². The predicted molar refractivity (Wildman–Crippen MR) is 120 cm³/mol. The number of aliphatic hydroxyl groups is 1. The smallest absolute Gasteiger partial charge is 0.322 e. The Labute approximate surface area is 197 Å². The number of β-amino-alcohol motifs (C(OH)–C–C–N with tert-alkyl or cyclic N) is 1. The number of hydrogen-bond acceptors (Lipinski definition) is 5. The molecule has 0 bridgehead atoms. The van der Waals surface area contributed by atoms with Crippen LogP contribution in [0.3, 0.4) is 0 Å². The van der Waals surface area contributed by atoms with Gasteiger partial charge in [-0.15, -0.1) is 0 Å². The Kier molecular flexibility index (Phi) is 6.01. The van der Waals surface area contributed by atoms with Gasteiger partial charge in [-0.25, -0.2) is 9.18 Å². The summed E-state index contributed by atoms with van der Waals surface area (Å²) >= 11 is 5.80. The van der Waals surface area contributed by atoms with Crippen molar-refractivity contribution in [1.29, 1.82) is 0 Å². The summed E-state index contributed by atoms with van der Waals surface area (Å²) in [6.07, 6.45) is 3.36. The van der Waals surface area contributed by atoms with E-state index >= 15 is 0 Å². The first-order valence-corrected chi connectivity index (χ1v) is 12.0. The second-order valence-electron chi connectivity index (χ2n) is 9.79. The van der Waals surface area contributed by atoms with E-state index in [1.807, 2.05) is 0 Å². The quantitative estimate of drug-likeness (QED) is 0.691. The summed E-state index contributed by atoms with van der Waals surface area (Å²) < 4.78 is 19.3. The van der Waals surface area contributed by atoms with E-state index in [2.05, 4.69) is 10.2 Å². The molecule has 1 aromatic carbocycles. The predicted octanol–water partition coefficient (Wildman–Crippen LogP) is 2.51. The number of piperidine rings is 1. The van der Waals surface area contributed by atoms with Crippen molar-refractivity contribution < 1.29 is 23.8 Å². The van der Waals surface area contributed by atoms with Gasteiger partial charge in [0.15, 0.2) is 6.23 Å². The lowest BCUT2D eigenvalue weighted by Gasteiger charge is -2.42. The van der Waals surface area contributed by atoms with E-state index in [4.69, 9.17) is 16.3 Å². The summed E-state index contributed by atoms with van der Waals surface area (Å²) in [6, 6.07) is 2.80. The van der Waals surface area contributed by atoms with Crippen LogP contribution in [0.2, 0.25) is 5.02 Å². The van der Waals surface area contributed by atoms with Gasteiger partial charge in [0.2, 0.25) is 5.91 Å². The molecule has 2 N–H and O–H groups in total. The highest BCUT2D eigenvalue weighted by Gasteiger charge is 2.51. The number of carbonyl (C=O) groups is 2. The van der Waals surface area contributed by atoms with Gasteiger partial charge in [-0.3, -0.25) is 4.79 Å². The van der Waals surface area contributed by atoms with Gasteiger partial charge < -0.3 is 29.9 Å². The number of urea groups is 1. The molecule has 3 heterocycles. The summed E-state index contributed by atoms with van der Waals surface area (Å²) in [5, 5.41) is 13.0. The zero-order valence-electron chi connectivity index (χ0n) is 18.7. The molecule has 3 saturated heterocycles. The molecular formula is C23H30ClFN4O4. The molecule has 180 valence electrons. The number of halogens is 2. The summed E-state index contributed by atoms with van der Waals surface area (Å²) in [5.41, 5.74) is 0.537. The van der Waals surface area contributed by atoms with Crippen LogP contribution in [0.4, 0.5) is 14.9 Å². The van der Waals surface area contributed by atoms with Crippen molar-refractivity contribution in [1.82, 2.24) is 14.7 Å². The summed E-state index contributed by atoms with van der Waals surface area (Å²) in [5.74, 6) is -0.708. The zero-order chi connectivity index (χ0) is 23.3. The lowest BCUT2D eigenvalue weighted by atomic mass is 9.90. The number of likely N-dealkylation sites (tertiary alicyclic amines) is 1. The van der Waals surface area contributed by atoms with Gasteiger partial charge in [-0.1, -0.05) is 11.6 Å². The Morgan fingerprint density at radius 3 is 2.82 bits per heavy atom. The van der Waals surface area contributed by atoms with Crippen LogP contribution < -0.4 is 5.32 Å². The molecule has 4 fully saturated rings. The van der Waals surface area contributed by atoms with Crippen molar-refractivity contribution in [3.05, 3.63) is 29.0 Å². The van der Waals surface area contributed by atoms with Crippen molar-refractivity contribution >= 4 is 29.2 Å². The monoisotopic (exact) mass is 480 g/mol. The van der Waals surface area contributed by atoms with Gasteiger partial charge in [0.1, 0.15) is 11.9 Å². The number of nitrogens with one attached hydrogen (secondary N) is 1. The topological polar surface area (TPSA) is 85.4 Å². The minimum atomic E-state index is -0.645. The van der Waals surface area contributed by atoms with E-state index in [0.717, 1.165) is 38.8 Å². The van der Waals surface area contributed by atoms with Crippen molar-refractivity contribution in [2.75, 3.05) is 38.1 Å². The van der Waals surface area contributed by atoms with Gasteiger partial charge in [0.25, 0.3) is 0 Å². The van der Waals surface area contributed by atoms with E-state index in [0.29, 0.717) is 18.8 Å². The maximum Gasteiger partial charge on any atom is 0.322 e. The molecule has 3 amide bonds. The molecule has 4 aliphatic rings. The van der Waals surface area contributed by atoms with Crippen LogP contribution in [0.15, 0.2) is 18.2 Å². The van der Waals surface area contributed by atoms with Crippen LogP contribution in [-0.2, 0) is 9.53 Å². The molecular weight excluding hydrogens is 451 g/mol. The number of benzene rings is 1. The summed E-state index contributed by atoms with van der Waals surface area (Å²) in [6.45, 7) is 4.90. The summed E-state index contributed by atoms with van der Waals surface area (Å²) in [7, 11) is 0. The number of ether oxygens (including phenoxy) is 1. The molecule has 10 heteroatoms. The molecule has 5 rings (SSSR count). The molecule has 8 nitrogen and oxygen atoms in total. The third kappa shape index (κ3) is 4.32. The third-order valence-corrected chi connectivity index (χ3v) is 8.07. The van der Waals surface area contributed by atoms with Crippen molar-refractivity contribution in [2.24, 2.45) is 5.41 Å². The molecule has 1 aliphatic carbocycles. The first-order valence-electron chi connectivity index (χ1n) is 11.6. The fourth-order valence-electron chi connectivity index (χ4n) is 5.36. The van der Waals surface area contributed by atoms with Gasteiger partial charge in [0, 0.05) is 18.8 Å². The number of nitrogens with zero attached hydrogens (tertiary/aromatic N) is 3. The number of aliphatic hydroxyl groups excluding tert-OH is 1. The lowest BCUT2D eigenvalue weighted by molar-refractivity contribution is -0.150. The van der Waals surface area contributed by atoms with Crippen LogP contribution in [-0.4, -0.2) is 88.9 Å². The molecule has 4 unspecified atom stereocenters. The maximum absolute atomic E-state index is 13.4. The Morgan fingerprint density at radius 2 is 2.12 bits per heavy atom. The number of fused-ring (bicyclic) bond motifs is 1. The van der Waals surface area contributed by atoms with Crippen LogP contribution in [0, 0.1) is 11.2 Å². The fourth-order valence-corrected chi connectivity index (χ4v) is 5.54. The van der Waals surface area contributed by atoms with Crippen LogP contribution in [0.25, 0.3) is 0 Å². The molecule has 0 aromatic heterocycles. The van der Waals surface area contributed by atoms with Crippen molar-refractivity contribution in [3.63, 3.8) is 0 Å². The van der Waals surface area contributed by atoms with Crippen LogP contribution >= 0.6 is 11.6 Å². The van der Waals surface area contributed by atoms with E-state index in [1.54, 1.807) is 11.8 Å². The van der Waals surface area contributed by atoms with Gasteiger partial charge in [-0.2, -0.15) is 0 Å². The lowest BCUT2D eigenvalue weighted by Crippen LogP contribution is -2.63. The van der Waals surface area contributed by atoms with Gasteiger partial charge in [-0.05, 0) is 62.8 Å². The Balaban J connectivity index is 1.17. The number of carbonyl (C=O) groups excluding carboxylic acids is 2. The Hall–Kier alpha value is -1.94. The number of piperazine rings is 1. The number of anilines is 1. The molecule has 0 radical (unpaired) electrons. The third-order valence-electron chi connectivity index (χ3n) is 7.78. The second-order valence-corrected chi connectivity index (χ2v) is 10.2. The highest BCUT2D eigenvalue weighted by molar-refractivity contribution is 6.31. The number of amides is 3. The first-order chi connectivity index (χ1) is 15.8. The van der Waals surface area contributed by atoms with E-state index in [-0.39, 0.29) is 35.0 Å². The molecule has 1 saturated carbocycles. The molecule has 1 aromatic rings. The molecule has 3 aliphatic heterocycles. The van der Waals surface area contributed by atoms with Crippen molar-refractivity contribution in [2.45, 2.75) is 57.0 Å². The average Bonchev–Trinajstić information content (AvgIpc) is 3.46. The second kappa shape index (κ2) is 8.69. The number of rotatable bonds is 4. The van der Waals surface area contributed by atoms with E-state index < -0.39 is 24.1 Å². The normalized spacial score (nSPS) is 31.1.